The molecule has 0 saturated carbocycles. The number of unbranched alkanes of at least 4 members (excludes halogenated alkanes) is 1. The van der Waals surface area contributed by atoms with Crippen LogP contribution in [0, 0.1) is 0 Å². The van der Waals surface area contributed by atoms with E-state index in [-0.39, 0.29) is 11.9 Å². The van der Waals surface area contributed by atoms with Crippen molar-refractivity contribution in [2.45, 2.75) is 51.5 Å². The minimum absolute atomic E-state index is 0.0171. The molecule has 28 heavy (non-hydrogen) atoms. The fraction of sp³-hybridized carbons (Fsp3) is 0.522. The van der Waals surface area contributed by atoms with Crippen LogP contribution in [-0.2, 0) is 0 Å². The minimum atomic E-state index is -0.0171. The lowest BCUT2D eigenvalue weighted by Crippen LogP contribution is -2.38. The van der Waals surface area contributed by atoms with E-state index >= 15 is 0 Å². The van der Waals surface area contributed by atoms with Gasteiger partial charge in [0.1, 0.15) is 5.75 Å². The molecule has 2 aromatic rings. The van der Waals surface area contributed by atoms with E-state index in [9.17, 15) is 4.79 Å². The Kier molecular flexibility index (Phi) is 8.37. The Morgan fingerprint density at radius 2 is 1.89 bits per heavy atom. The highest BCUT2D eigenvalue weighted by molar-refractivity contribution is 7.10. The first-order valence-corrected chi connectivity index (χ1v) is 11.4. The van der Waals surface area contributed by atoms with Gasteiger partial charge in [-0.25, -0.2) is 0 Å². The van der Waals surface area contributed by atoms with Gasteiger partial charge in [0.15, 0.2) is 0 Å². The third-order valence-corrected chi connectivity index (χ3v) is 6.27. The molecule has 1 aromatic carbocycles. The first-order chi connectivity index (χ1) is 13.8. The number of amides is 1. The first-order valence-electron chi connectivity index (χ1n) is 10.6. The van der Waals surface area contributed by atoms with E-state index in [1.807, 2.05) is 24.3 Å². The van der Waals surface area contributed by atoms with Crippen LogP contribution in [0.3, 0.4) is 0 Å². The molecule has 1 saturated heterocycles. The second kappa shape index (κ2) is 11.2. The van der Waals surface area contributed by atoms with Crippen LogP contribution in [0.25, 0.3) is 0 Å². The molecule has 1 N–H and O–H groups in total. The van der Waals surface area contributed by atoms with E-state index in [1.165, 1.54) is 30.6 Å². The fourth-order valence-corrected chi connectivity index (χ4v) is 4.49. The Morgan fingerprint density at radius 1 is 1.14 bits per heavy atom. The molecular formula is C23H32N2O2S. The van der Waals surface area contributed by atoms with Crippen LogP contribution in [0.4, 0.5) is 0 Å². The summed E-state index contributed by atoms with van der Waals surface area (Å²) in [5.74, 6) is 0.808. The highest BCUT2D eigenvalue weighted by Crippen LogP contribution is 2.27. The lowest BCUT2D eigenvalue weighted by atomic mass is 10.1. The molecule has 1 fully saturated rings. The Hall–Kier alpha value is -1.85. The summed E-state index contributed by atoms with van der Waals surface area (Å²) >= 11 is 1.78. The predicted molar refractivity (Wildman–Crippen MR) is 116 cm³/mol. The summed E-state index contributed by atoms with van der Waals surface area (Å²) in [7, 11) is 0. The van der Waals surface area contributed by atoms with E-state index in [0.29, 0.717) is 12.1 Å². The third-order valence-electron chi connectivity index (χ3n) is 5.29. The van der Waals surface area contributed by atoms with Gasteiger partial charge in [-0.15, -0.1) is 11.3 Å². The largest absolute Gasteiger partial charge is 0.494 e. The Morgan fingerprint density at radius 3 is 2.54 bits per heavy atom. The lowest BCUT2D eigenvalue weighted by Gasteiger charge is -2.30. The maximum atomic E-state index is 12.7. The van der Waals surface area contributed by atoms with Gasteiger partial charge in [-0.05, 0) is 68.1 Å². The number of carbonyl (C=O) groups is 1. The zero-order valence-electron chi connectivity index (χ0n) is 16.9. The molecule has 0 aliphatic carbocycles. The summed E-state index contributed by atoms with van der Waals surface area (Å²) < 4.78 is 5.68. The van der Waals surface area contributed by atoms with E-state index in [2.05, 4.69) is 34.7 Å². The average Bonchev–Trinajstić information content (AvgIpc) is 3.11. The maximum absolute atomic E-state index is 12.7. The molecule has 0 radical (unpaired) electrons. The second-order valence-electron chi connectivity index (χ2n) is 7.42. The molecule has 1 aliphatic rings. The topological polar surface area (TPSA) is 41.6 Å². The first kappa shape index (κ1) is 20.9. The van der Waals surface area contributed by atoms with Crippen molar-refractivity contribution in [2.24, 2.45) is 0 Å². The maximum Gasteiger partial charge on any atom is 0.251 e. The van der Waals surface area contributed by atoms with E-state index < -0.39 is 0 Å². The van der Waals surface area contributed by atoms with Gasteiger partial charge in [0.25, 0.3) is 5.91 Å². The molecular weight excluding hydrogens is 368 g/mol. The van der Waals surface area contributed by atoms with E-state index in [4.69, 9.17) is 4.74 Å². The van der Waals surface area contributed by atoms with Crippen molar-refractivity contribution in [1.29, 1.82) is 0 Å². The normalized spacial score (nSPS) is 16.3. The number of thiophene rings is 1. The van der Waals surface area contributed by atoms with Crippen molar-refractivity contribution in [2.75, 3.05) is 26.2 Å². The van der Waals surface area contributed by atoms with Gasteiger partial charge in [0.2, 0.25) is 0 Å². The quantitative estimate of drug-likeness (QED) is 0.583. The smallest absolute Gasteiger partial charge is 0.251 e. The molecule has 0 bridgehead atoms. The molecule has 1 unspecified atom stereocenters. The summed E-state index contributed by atoms with van der Waals surface area (Å²) in [4.78, 5) is 16.6. The third kappa shape index (κ3) is 6.08. The monoisotopic (exact) mass is 400 g/mol. The van der Waals surface area contributed by atoms with Crippen molar-refractivity contribution < 1.29 is 9.53 Å². The number of hydrogen-bond donors (Lipinski definition) is 1. The van der Waals surface area contributed by atoms with Gasteiger partial charge < -0.3 is 10.1 Å². The molecule has 1 aromatic heterocycles. The number of benzene rings is 1. The zero-order chi connectivity index (χ0) is 19.6. The number of ether oxygens (including phenoxy) is 1. The van der Waals surface area contributed by atoms with Gasteiger partial charge in [-0.2, -0.15) is 0 Å². The van der Waals surface area contributed by atoms with E-state index in [1.54, 1.807) is 11.3 Å². The Balaban J connectivity index is 1.58. The highest BCUT2D eigenvalue weighted by Gasteiger charge is 2.23. The molecule has 1 atom stereocenters. The van der Waals surface area contributed by atoms with Gasteiger partial charge in [0.05, 0.1) is 12.6 Å². The number of hydrogen-bond acceptors (Lipinski definition) is 4. The van der Waals surface area contributed by atoms with Crippen LogP contribution in [0.1, 0.15) is 66.7 Å². The molecule has 152 valence electrons. The van der Waals surface area contributed by atoms with Crippen LogP contribution in [-0.4, -0.2) is 37.0 Å². The molecule has 3 rings (SSSR count). The molecule has 4 nitrogen and oxygen atoms in total. The van der Waals surface area contributed by atoms with Gasteiger partial charge >= 0.3 is 0 Å². The molecule has 5 heteroatoms. The fourth-order valence-electron chi connectivity index (χ4n) is 3.63. The lowest BCUT2D eigenvalue weighted by molar-refractivity contribution is 0.0934. The molecule has 2 heterocycles. The van der Waals surface area contributed by atoms with Crippen molar-refractivity contribution in [3.05, 3.63) is 52.2 Å². The second-order valence-corrected chi connectivity index (χ2v) is 8.40. The summed E-state index contributed by atoms with van der Waals surface area (Å²) in [6.45, 7) is 5.74. The summed E-state index contributed by atoms with van der Waals surface area (Å²) in [6, 6.07) is 12.0. The summed E-state index contributed by atoms with van der Waals surface area (Å²) in [6.07, 6.45) is 7.27. The summed E-state index contributed by atoms with van der Waals surface area (Å²) in [5.41, 5.74) is 0.684. The standard InChI is InChI=1S/C23H32N2O2S/c1-2-3-16-27-20-12-10-19(11-13-20)23(26)24-18-21(22-9-8-17-28-22)25-14-6-4-5-7-15-25/h8-13,17,21H,2-7,14-16,18H2,1H3,(H,24,26). The number of rotatable bonds is 9. The number of nitrogens with one attached hydrogen (secondary N) is 1. The Bertz CT molecular complexity index is 692. The minimum Gasteiger partial charge on any atom is -0.494 e. The van der Waals surface area contributed by atoms with Crippen LogP contribution in [0.2, 0.25) is 0 Å². The SMILES string of the molecule is CCCCOc1ccc(C(=O)NCC(c2cccs2)N2CCCCCC2)cc1. The average molecular weight is 401 g/mol. The van der Waals surface area contributed by atoms with Crippen LogP contribution >= 0.6 is 11.3 Å². The van der Waals surface area contributed by atoms with Crippen molar-refractivity contribution in [3.63, 3.8) is 0 Å². The zero-order valence-corrected chi connectivity index (χ0v) is 17.7. The predicted octanol–water partition coefficient (Wildman–Crippen LogP) is 5.27. The molecule has 1 amide bonds. The van der Waals surface area contributed by atoms with Crippen LogP contribution < -0.4 is 10.1 Å². The van der Waals surface area contributed by atoms with Crippen molar-refractivity contribution >= 4 is 17.2 Å². The van der Waals surface area contributed by atoms with Crippen LogP contribution in [0.15, 0.2) is 41.8 Å². The summed E-state index contributed by atoms with van der Waals surface area (Å²) in [5, 5.41) is 5.29. The van der Waals surface area contributed by atoms with Crippen molar-refractivity contribution in [3.8, 4) is 5.75 Å². The number of likely N-dealkylation sites (tertiary alicyclic amines) is 1. The van der Waals surface area contributed by atoms with Gasteiger partial charge in [-0.1, -0.05) is 32.3 Å². The van der Waals surface area contributed by atoms with Crippen molar-refractivity contribution in [1.82, 2.24) is 10.2 Å². The molecule has 1 aliphatic heterocycles. The van der Waals surface area contributed by atoms with Crippen LogP contribution in [0.5, 0.6) is 5.75 Å². The van der Waals surface area contributed by atoms with E-state index in [0.717, 1.165) is 38.3 Å². The number of carbonyl (C=O) groups excluding carboxylic acids is 1. The molecule has 0 spiro atoms. The Labute approximate surface area is 172 Å². The number of nitrogens with zero attached hydrogens (tertiary/aromatic N) is 1. The highest BCUT2D eigenvalue weighted by atomic mass is 32.1. The van der Waals surface area contributed by atoms with Gasteiger partial charge in [-0.3, -0.25) is 9.69 Å². The van der Waals surface area contributed by atoms with Gasteiger partial charge in [0, 0.05) is 17.0 Å².